The summed E-state index contributed by atoms with van der Waals surface area (Å²) in [7, 11) is 0. The number of hydrogen-bond donors (Lipinski definition) is 4. The van der Waals surface area contributed by atoms with E-state index in [2.05, 4.69) is 25.6 Å². The summed E-state index contributed by atoms with van der Waals surface area (Å²) in [6.07, 6.45) is 6.29. The summed E-state index contributed by atoms with van der Waals surface area (Å²) in [4.78, 5) is 25.1. The Kier molecular flexibility index (Phi) is 8.20. The van der Waals surface area contributed by atoms with Crippen molar-refractivity contribution in [1.29, 1.82) is 0 Å². The third kappa shape index (κ3) is 6.01. The molecule has 0 saturated heterocycles. The van der Waals surface area contributed by atoms with E-state index in [4.69, 9.17) is 17.3 Å². The number of anilines is 3. The van der Waals surface area contributed by atoms with E-state index in [1.165, 1.54) is 6.20 Å². The van der Waals surface area contributed by atoms with Gasteiger partial charge in [0.05, 0.1) is 12.3 Å². The molecule has 5 N–H and O–H groups in total. The molecule has 0 aliphatic heterocycles. The first-order valence-electron chi connectivity index (χ1n) is 12.1. The summed E-state index contributed by atoms with van der Waals surface area (Å²) in [5.41, 5.74) is 5.88. The molecule has 1 aliphatic rings. The van der Waals surface area contributed by atoms with Crippen LogP contribution in [-0.4, -0.2) is 42.7 Å². The van der Waals surface area contributed by atoms with Crippen molar-refractivity contribution in [3.05, 3.63) is 35.0 Å². The molecule has 9 nitrogen and oxygen atoms in total. The lowest BCUT2D eigenvalue weighted by atomic mass is 9.93. The Bertz CT molecular complexity index is 1220. The zero-order chi connectivity index (χ0) is 25.8. The van der Waals surface area contributed by atoms with E-state index in [0.717, 1.165) is 37.8 Å². The van der Waals surface area contributed by atoms with Crippen molar-refractivity contribution in [3.8, 4) is 0 Å². The molecule has 1 aromatic carbocycles. The minimum absolute atomic E-state index is 0.0266. The molecule has 1 saturated carbocycles. The first-order valence-corrected chi connectivity index (χ1v) is 12.5. The molecule has 36 heavy (non-hydrogen) atoms. The summed E-state index contributed by atoms with van der Waals surface area (Å²) in [6.45, 7) is 2.00. The van der Waals surface area contributed by atoms with E-state index < -0.39 is 23.2 Å². The third-order valence-corrected chi connectivity index (χ3v) is 6.59. The van der Waals surface area contributed by atoms with Crippen molar-refractivity contribution in [2.45, 2.75) is 76.5 Å². The number of nitrogens with zero attached hydrogens (tertiary/aromatic N) is 4. The predicted molar refractivity (Wildman–Crippen MR) is 134 cm³/mol. The molecule has 0 bridgehead atoms. The van der Waals surface area contributed by atoms with Gasteiger partial charge in [0, 0.05) is 23.5 Å². The lowest BCUT2D eigenvalue weighted by Crippen LogP contribution is -2.30. The molecule has 3 aromatic rings. The summed E-state index contributed by atoms with van der Waals surface area (Å²) in [5.74, 6) is -1.66. The van der Waals surface area contributed by atoms with Crippen LogP contribution < -0.4 is 16.4 Å². The highest BCUT2D eigenvalue weighted by molar-refractivity contribution is 6.30. The van der Waals surface area contributed by atoms with Crippen LogP contribution in [0.5, 0.6) is 0 Å². The number of benzene rings is 1. The number of fused-ring (bicyclic) bond motifs is 1. The van der Waals surface area contributed by atoms with Gasteiger partial charge in [-0.3, -0.25) is 9.36 Å². The van der Waals surface area contributed by atoms with Crippen molar-refractivity contribution in [3.63, 3.8) is 0 Å². The maximum Gasteiger partial charge on any atom is 0.224 e. The summed E-state index contributed by atoms with van der Waals surface area (Å²) in [6, 6.07) is 1.78. The molecule has 12 heteroatoms. The summed E-state index contributed by atoms with van der Waals surface area (Å²) < 4.78 is 30.9. The van der Waals surface area contributed by atoms with Crippen molar-refractivity contribution >= 4 is 46.3 Å². The average molecular weight is 522 g/mol. The Morgan fingerprint density at radius 1 is 1.28 bits per heavy atom. The van der Waals surface area contributed by atoms with Crippen LogP contribution in [0.15, 0.2) is 18.3 Å². The van der Waals surface area contributed by atoms with Gasteiger partial charge in [-0.15, -0.1) is 0 Å². The number of hydrogen-bond acceptors (Lipinski definition) is 7. The molecule has 1 amide bonds. The molecular formula is C24H30ClF2N7O2. The van der Waals surface area contributed by atoms with Crippen LogP contribution in [0.25, 0.3) is 11.2 Å². The van der Waals surface area contributed by atoms with Crippen molar-refractivity contribution < 1.29 is 18.7 Å². The van der Waals surface area contributed by atoms with E-state index in [-0.39, 0.29) is 35.6 Å². The van der Waals surface area contributed by atoms with Gasteiger partial charge >= 0.3 is 0 Å². The Balaban J connectivity index is 1.77. The first kappa shape index (κ1) is 26.0. The molecule has 0 spiro atoms. The number of aromatic nitrogens is 4. The van der Waals surface area contributed by atoms with Crippen LogP contribution in [0.2, 0.25) is 5.02 Å². The zero-order valence-electron chi connectivity index (χ0n) is 20.0. The molecule has 1 fully saturated rings. The number of aliphatic hydroxyl groups excluding tert-OH is 1. The second-order valence-corrected chi connectivity index (χ2v) is 9.62. The molecule has 1 aliphatic carbocycles. The highest BCUT2D eigenvalue weighted by atomic mass is 35.5. The minimum atomic E-state index is -0.868. The number of rotatable bonds is 10. The van der Waals surface area contributed by atoms with Crippen LogP contribution in [0, 0.1) is 11.6 Å². The predicted octanol–water partition coefficient (Wildman–Crippen LogP) is 4.82. The second kappa shape index (κ2) is 11.3. The normalized spacial score (nSPS) is 18.8. The number of imidazole rings is 1. The maximum absolute atomic E-state index is 14.6. The van der Waals surface area contributed by atoms with E-state index in [9.17, 15) is 18.7 Å². The van der Waals surface area contributed by atoms with Gasteiger partial charge in [-0.1, -0.05) is 24.9 Å². The van der Waals surface area contributed by atoms with E-state index >= 15 is 0 Å². The van der Waals surface area contributed by atoms with Gasteiger partial charge in [0.15, 0.2) is 17.3 Å². The number of halogens is 3. The second-order valence-electron chi connectivity index (χ2n) is 9.19. The van der Waals surface area contributed by atoms with Crippen LogP contribution in [0.1, 0.15) is 64.3 Å². The van der Waals surface area contributed by atoms with Crippen molar-refractivity contribution in [2.75, 3.05) is 10.6 Å². The smallest absolute Gasteiger partial charge is 0.224 e. The van der Waals surface area contributed by atoms with Crippen LogP contribution in [-0.2, 0) is 4.79 Å². The van der Waals surface area contributed by atoms with Gasteiger partial charge < -0.3 is 21.5 Å². The van der Waals surface area contributed by atoms with Gasteiger partial charge in [-0.05, 0) is 50.7 Å². The monoisotopic (exact) mass is 521 g/mol. The minimum Gasteiger partial charge on any atom is -0.393 e. The number of aliphatic hydroxyl groups is 1. The molecule has 4 rings (SSSR count). The Morgan fingerprint density at radius 2 is 2.03 bits per heavy atom. The molecule has 3 atom stereocenters. The number of amides is 1. The SMILES string of the molecule is CCC[C@@H](CCC(N)=O)n1c(Nc2c(F)cc(Cl)cc2F)nc2cnc(N[C@@H]3CCC[C@H](O)C3)nc21. The maximum atomic E-state index is 14.6. The number of nitrogens with two attached hydrogens (primary N) is 1. The number of nitrogens with one attached hydrogen (secondary N) is 2. The van der Waals surface area contributed by atoms with Crippen LogP contribution in [0.3, 0.4) is 0 Å². The van der Waals surface area contributed by atoms with Gasteiger partial charge in [-0.2, -0.15) is 4.98 Å². The van der Waals surface area contributed by atoms with Crippen LogP contribution in [0.4, 0.5) is 26.4 Å². The third-order valence-electron chi connectivity index (χ3n) is 6.37. The average Bonchev–Trinajstić information content (AvgIpc) is 3.16. The van der Waals surface area contributed by atoms with Gasteiger partial charge in [-0.25, -0.2) is 18.7 Å². The molecule has 194 valence electrons. The summed E-state index contributed by atoms with van der Waals surface area (Å²) in [5, 5.41) is 16.0. The highest BCUT2D eigenvalue weighted by Gasteiger charge is 2.25. The largest absolute Gasteiger partial charge is 0.393 e. The number of primary amides is 1. The molecule has 2 aromatic heterocycles. The van der Waals surface area contributed by atoms with E-state index in [1.807, 2.05) is 6.92 Å². The first-order chi connectivity index (χ1) is 17.2. The number of carbonyl (C=O) groups is 1. The molecular weight excluding hydrogens is 492 g/mol. The lowest BCUT2D eigenvalue weighted by molar-refractivity contribution is -0.118. The van der Waals surface area contributed by atoms with Gasteiger partial charge in [0.25, 0.3) is 0 Å². The van der Waals surface area contributed by atoms with Gasteiger partial charge in [0.1, 0.15) is 11.2 Å². The fourth-order valence-corrected chi connectivity index (χ4v) is 4.88. The van der Waals surface area contributed by atoms with E-state index in [1.54, 1.807) is 4.57 Å². The van der Waals surface area contributed by atoms with Crippen LogP contribution >= 0.6 is 11.6 Å². The standard InChI is InChI=1S/C24H30ClF2N7O2/c1-2-4-15(7-8-20(28)36)34-22-19(12-29-23(33-22)30-14-5-3-6-16(35)11-14)31-24(34)32-21-17(26)9-13(25)10-18(21)27/h9-10,12,14-16,35H,2-8,11H2,1H3,(H2,28,36)(H,31,32)(H,29,30,33)/t14-,15+,16+/m1/s1. The highest BCUT2D eigenvalue weighted by Crippen LogP contribution is 2.33. The summed E-state index contributed by atoms with van der Waals surface area (Å²) >= 11 is 5.78. The zero-order valence-corrected chi connectivity index (χ0v) is 20.7. The number of carbonyl (C=O) groups excluding carboxylic acids is 1. The van der Waals surface area contributed by atoms with Crippen molar-refractivity contribution in [2.24, 2.45) is 5.73 Å². The van der Waals surface area contributed by atoms with E-state index in [0.29, 0.717) is 36.4 Å². The Hall–Kier alpha value is -3.05. The quantitative estimate of drug-likeness (QED) is 0.300. The Morgan fingerprint density at radius 3 is 2.69 bits per heavy atom. The molecule has 0 radical (unpaired) electrons. The fraction of sp³-hybridized carbons (Fsp3) is 0.500. The topological polar surface area (TPSA) is 131 Å². The Labute approximate surface area is 212 Å². The van der Waals surface area contributed by atoms with Crippen molar-refractivity contribution in [1.82, 2.24) is 19.5 Å². The fourth-order valence-electron chi connectivity index (χ4n) is 4.69. The lowest BCUT2D eigenvalue weighted by Gasteiger charge is -2.26. The van der Waals surface area contributed by atoms with Gasteiger partial charge in [0.2, 0.25) is 17.8 Å². The molecule has 2 heterocycles. The molecule has 0 unspecified atom stereocenters.